The minimum Gasteiger partial charge on any atom is -0.465 e. The number of hydrogen-bond acceptors (Lipinski definition) is 3. The summed E-state index contributed by atoms with van der Waals surface area (Å²) in [6, 6.07) is 3.63. The maximum atomic E-state index is 11.3. The number of ether oxygens (including phenoxy) is 1. The second-order valence-electron chi connectivity index (χ2n) is 2.62. The predicted octanol–water partition coefficient (Wildman–Crippen LogP) is 2.67. The number of hydrogen-bond donors (Lipinski definition) is 1. The maximum Gasteiger partial charge on any atom is 0.338 e. The number of esters is 1. The van der Waals surface area contributed by atoms with E-state index in [4.69, 9.17) is 0 Å². The molecule has 0 saturated carbocycles. The van der Waals surface area contributed by atoms with Gasteiger partial charge in [-0.05, 0) is 47.2 Å². The lowest BCUT2D eigenvalue weighted by Crippen LogP contribution is -2.05. The van der Waals surface area contributed by atoms with Gasteiger partial charge < -0.3 is 4.74 Å². The van der Waals surface area contributed by atoms with Crippen molar-refractivity contribution in [3.05, 3.63) is 26.8 Å². The van der Waals surface area contributed by atoms with Gasteiger partial charge in [-0.15, -0.1) is 12.6 Å². The Kier molecular flexibility index (Phi) is 3.61. The van der Waals surface area contributed by atoms with Crippen LogP contribution in [0.3, 0.4) is 0 Å². The molecular weight excluding hydrogens is 299 g/mol. The molecule has 0 bridgehead atoms. The number of carbonyl (C=O) groups excluding carboxylic acids is 1. The monoisotopic (exact) mass is 308 g/mol. The second kappa shape index (κ2) is 4.32. The summed E-state index contributed by atoms with van der Waals surface area (Å²) >= 11 is 6.32. The van der Waals surface area contributed by atoms with Gasteiger partial charge in [-0.3, -0.25) is 0 Å². The quantitative estimate of drug-likeness (QED) is 0.490. The highest BCUT2D eigenvalue weighted by Crippen LogP contribution is 2.21. The predicted molar refractivity (Wildman–Crippen MR) is 62.5 cm³/mol. The molecule has 0 aliphatic rings. The molecule has 1 rings (SSSR count). The van der Waals surface area contributed by atoms with E-state index in [1.54, 1.807) is 6.07 Å². The Morgan fingerprint density at radius 1 is 1.54 bits per heavy atom. The molecule has 0 aliphatic carbocycles. The van der Waals surface area contributed by atoms with Gasteiger partial charge in [0.25, 0.3) is 0 Å². The molecule has 0 unspecified atom stereocenters. The van der Waals surface area contributed by atoms with Crippen LogP contribution >= 0.6 is 35.2 Å². The Balaban J connectivity index is 3.28. The SMILES string of the molecule is COC(=O)c1cc(S)cc(C)c1I. The van der Waals surface area contributed by atoms with Crippen molar-refractivity contribution in [1.29, 1.82) is 0 Å². The molecule has 0 saturated heterocycles. The van der Waals surface area contributed by atoms with Crippen LogP contribution in [0, 0.1) is 10.5 Å². The summed E-state index contributed by atoms with van der Waals surface area (Å²) in [5.74, 6) is -0.316. The molecule has 0 amide bonds. The van der Waals surface area contributed by atoms with Crippen molar-refractivity contribution in [3.8, 4) is 0 Å². The van der Waals surface area contributed by atoms with E-state index < -0.39 is 0 Å². The summed E-state index contributed by atoms with van der Waals surface area (Å²) in [4.78, 5) is 12.1. The zero-order chi connectivity index (χ0) is 10.0. The largest absolute Gasteiger partial charge is 0.465 e. The molecule has 0 radical (unpaired) electrons. The van der Waals surface area contributed by atoms with Crippen LogP contribution in [-0.2, 0) is 4.74 Å². The van der Waals surface area contributed by atoms with Gasteiger partial charge in [-0.1, -0.05) is 0 Å². The van der Waals surface area contributed by atoms with Crippen LogP contribution in [0.25, 0.3) is 0 Å². The average Bonchev–Trinajstić information content (AvgIpc) is 2.10. The van der Waals surface area contributed by atoms with E-state index in [1.807, 2.05) is 13.0 Å². The molecule has 13 heavy (non-hydrogen) atoms. The van der Waals surface area contributed by atoms with Crippen molar-refractivity contribution in [2.45, 2.75) is 11.8 Å². The van der Waals surface area contributed by atoms with Crippen LogP contribution in [0.4, 0.5) is 0 Å². The van der Waals surface area contributed by atoms with Crippen LogP contribution in [-0.4, -0.2) is 13.1 Å². The van der Waals surface area contributed by atoms with E-state index in [-0.39, 0.29) is 5.97 Å². The number of methoxy groups -OCH3 is 1. The highest BCUT2D eigenvalue weighted by Gasteiger charge is 2.12. The fraction of sp³-hybridized carbons (Fsp3) is 0.222. The maximum absolute atomic E-state index is 11.3. The van der Waals surface area contributed by atoms with Crippen molar-refractivity contribution in [3.63, 3.8) is 0 Å². The fourth-order valence-electron chi connectivity index (χ4n) is 1.01. The zero-order valence-corrected chi connectivity index (χ0v) is 10.3. The first-order valence-electron chi connectivity index (χ1n) is 3.63. The smallest absolute Gasteiger partial charge is 0.338 e. The minimum absolute atomic E-state index is 0.316. The molecule has 4 heteroatoms. The van der Waals surface area contributed by atoms with Gasteiger partial charge in [0, 0.05) is 8.47 Å². The van der Waals surface area contributed by atoms with Gasteiger partial charge in [-0.2, -0.15) is 0 Å². The highest BCUT2D eigenvalue weighted by molar-refractivity contribution is 14.1. The summed E-state index contributed by atoms with van der Waals surface area (Å²) in [5.41, 5.74) is 1.61. The van der Waals surface area contributed by atoms with Crippen LogP contribution in [0.2, 0.25) is 0 Å². The number of rotatable bonds is 1. The van der Waals surface area contributed by atoms with Gasteiger partial charge in [0.1, 0.15) is 0 Å². The Bertz CT molecular complexity index is 350. The lowest BCUT2D eigenvalue weighted by atomic mass is 10.1. The lowest BCUT2D eigenvalue weighted by molar-refractivity contribution is 0.0599. The Hall–Kier alpha value is -0.230. The van der Waals surface area contributed by atoms with Gasteiger partial charge in [-0.25, -0.2) is 4.79 Å². The van der Waals surface area contributed by atoms with Crippen molar-refractivity contribution in [2.24, 2.45) is 0 Å². The summed E-state index contributed by atoms with van der Waals surface area (Å²) in [7, 11) is 1.37. The van der Waals surface area contributed by atoms with E-state index >= 15 is 0 Å². The molecule has 1 aromatic carbocycles. The van der Waals surface area contributed by atoms with Crippen LogP contribution in [0.1, 0.15) is 15.9 Å². The molecule has 0 aliphatic heterocycles. The van der Waals surface area contributed by atoms with E-state index in [9.17, 15) is 4.79 Å². The van der Waals surface area contributed by atoms with E-state index in [1.165, 1.54) is 7.11 Å². The first-order valence-corrected chi connectivity index (χ1v) is 5.16. The summed E-state index contributed by atoms with van der Waals surface area (Å²) < 4.78 is 5.57. The number of aryl methyl sites for hydroxylation is 1. The molecule has 70 valence electrons. The second-order valence-corrected chi connectivity index (χ2v) is 4.21. The third-order valence-corrected chi connectivity index (χ3v) is 3.33. The van der Waals surface area contributed by atoms with E-state index in [0.29, 0.717) is 5.56 Å². The van der Waals surface area contributed by atoms with E-state index in [2.05, 4.69) is 40.0 Å². The molecule has 0 fully saturated rings. The van der Waals surface area contributed by atoms with Gasteiger partial charge in [0.15, 0.2) is 0 Å². The number of halogens is 1. The first kappa shape index (κ1) is 10.8. The van der Waals surface area contributed by atoms with Gasteiger partial charge >= 0.3 is 5.97 Å². The number of benzene rings is 1. The minimum atomic E-state index is -0.316. The Morgan fingerprint density at radius 3 is 2.69 bits per heavy atom. The fourth-order valence-corrected chi connectivity index (χ4v) is 1.86. The molecular formula is C9H9IO2S. The third-order valence-electron chi connectivity index (χ3n) is 1.64. The molecule has 0 spiro atoms. The number of thiol groups is 1. The van der Waals surface area contributed by atoms with Crippen LogP contribution < -0.4 is 0 Å². The Morgan fingerprint density at radius 2 is 2.15 bits per heavy atom. The Labute approximate surface area is 96.2 Å². The van der Waals surface area contributed by atoms with Crippen LogP contribution in [0.15, 0.2) is 17.0 Å². The number of carbonyl (C=O) groups is 1. The zero-order valence-electron chi connectivity index (χ0n) is 7.30. The summed E-state index contributed by atoms with van der Waals surface area (Å²) in [6.45, 7) is 1.94. The molecule has 2 nitrogen and oxygen atoms in total. The topological polar surface area (TPSA) is 26.3 Å². The summed E-state index contributed by atoms with van der Waals surface area (Å²) in [5, 5.41) is 0. The van der Waals surface area contributed by atoms with Gasteiger partial charge in [0.05, 0.1) is 12.7 Å². The van der Waals surface area contributed by atoms with E-state index in [0.717, 1.165) is 14.0 Å². The highest BCUT2D eigenvalue weighted by atomic mass is 127. The van der Waals surface area contributed by atoms with Crippen molar-refractivity contribution >= 4 is 41.2 Å². The normalized spacial score (nSPS) is 9.85. The molecule has 0 aromatic heterocycles. The van der Waals surface area contributed by atoms with Crippen molar-refractivity contribution < 1.29 is 9.53 Å². The first-order chi connectivity index (χ1) is 6.06. The molecule has 0 atom stereocenters. The average molecular weight is 308 g/mol. The lowest BCUT2D eigenvalue weighted by Gasteiger charge is -2.06. The third kappa shape index (κ3) is 2.37. The standard InChI is InChI=1S/C9H9IO2S/c1-5-3-6(13)4-7(8(5)10)9(11)12-2/h3-4,13H,1-2H3. The van der Waals surface area contributed by atoms with Crippen molar-refractivity contribution in [1.82, 2.24) is 0 Å². The van der Waals surface area contributed by atoms with Crippen molar-refractivity contribution in [2.75, 3.05) is 7.11 Å². The molecule has 1 aromatic rings. The van der Waals surface area contributed by atoms with Crippen LogP contribution in [0.5, 0.6) is 0 Å². The molecule has 0 heterocycles. The van der Waals surface area contributed by atoms with Gasteiger partial charge in [0.2, 0.25) is 0 Å². The molecule has 0 N–H and O–H groups in total. The summed E-state index contributed by atoms with van der Waals surface area (Å²) in [6.07, 6.45) is 0.